The Bertz CT molecular complexity index is 433. The van der Waals surface area contributed by atoms with Crippen molar-refractivity contribution in [2.24, 2.45) is 0 Å². The molecule has 0 radical (unpaired) electrons. The van der Waals surface area contributed by atoms with Gasteiger partial charge in [-0.15, -0.1) is 0 Å². The van der Waals surface area contributed by atoms with Crippen LogP contribution < -0.4 is 4.74 Å². The number of methoxy groups -OCH3 is 1. The SMILES string of the molecule is CCOC(=O)C(C)(C#N)c1ccc(OC)cc1. The van der Waals surface area contributed by atoms with Gasteiger partial charge < -0.3 is 9.47 Å². The third kappa shape index (κ3) is 2.56. The highest BCUT2D eigenvalue weighted by atomic mass is 16.5. The fourth-order valence-electron chi connectivity index (χ4n) is 1.43. The van der Waals surface area contributed by atoms with Crippen molar-refractivity contribution in [3.05, 3.63) is 29.8 Å². The van der Waals surface area contributed by atoms with Crippen LogP contribution in [0.2, 0.25) is 0 Å². The Morgan fingerprint density at radius 1 is 1.41 bits per heavy atom. The molecule has 0 bridgehead atoms. The van der Waals surface area contributed by atoms with Gasteiger partial charge in [0.2, 0.25) is 0 Å². The summed E-state index contributed by atoms with van der Waals surface area (Å²) in [5.74, 6) is 0.144. The molecule has 0 N–H and O–H groups in total. The molecule has 0 aliphatic carbocycles. The number of nitrogens with zero attached hydrogens (tertiary/aromatic N) is 1. The largest absolute Gasteiger partial charge is 0.497 e. The minimum absolute atomic E-state index is 0.256. The van der Waals surface area contributed by atoms with Crippen LogP contribution in [0, 0.1) is 11.3 Å². The Balaban J connectivity index is 3.08. The lowest BCUT2D eigenvalue weighted by Crippen LogP contribution is -2.32. The Hall–Kier alpha value is -2.02. The van der Waals surface area contributed by atoms with Gasteiger partial charge in [0, 0.05) is 0 Å². The minimum atomic E-state index is -1.28. The lowest BCUT2D eigenvalue weighted by Gasteiger charge is -2.19. The zero-order chi connectivity index (χ0) is 12.9. The van der Waals surface area contributed by atoms with E-state index in [1.807, 2.05) is 6.07 Å². The second-order valence-electron chi connectivity index (χ2n) is 3.69. The number of hydrogen-bond donors (Lipinski definition) is 0. The van der Waals surface area contributed by atoms with E-state index >= 15 is 0 Å². The molecular weight excluding hydrogens is 218 g/mol. The molecule has 0 saturated heterocycles. The molecular formula is C13H15NO3. The van der Waals surface area contributed by atoms with Crippen molar-refractivity contribution in [3.8, 4) is 11.8 Å². The van der Waals surface area contributed by atoms with Crippen LogP contribution in [0.1, 0.15) is 19.4 Å². The van der Waals surface area contributed by atoms with Crippen molar-refractivity contribution >= 4 is 5.97 Å². The predicted octanol–water partition coefficient (Wildman–Crippen LogP) is 2.04. The first-order valence-corrected chi connectivity index (χ1v) is 5.31. The van der Waals surface area contributed by atoms with E-state index in [2.05, 4.69) is 0 Å². The smallest absolute Gasteiger partial charge is 0.330 e. The van der Waals surface area contributed by atoms with Gasteiger partial charge in [-0.2, -0.15) is 5.26 Å². The van der Waals surface area contributed by atoms with E-state index in [9.17, 15) is 10.1 Å². The van der Waals surface area contributed by atoms with E-state index in [0.717, 1.165) is 0 Å². The van der Waals surface area contributed by atoms with Crippen LogP contribution in [-0.2, 0) is 14.9 Å². The molecule has 0 amide bonds. The first-order chi connectivity index (χ1) is 8.08. The van der Waals surface area contributed by atoms with Crippen molar-refractivity contribution in [3.63, 3.8) is 0 Å². The van der Waals surface area contributed by atoms with E-state index in [1.165, 1.54) is 0 Å². The summed E-state index contributed by atoms with van der Waals surface area (Å²) >= 11 is 0. The molecule has 1 unspecified atom stereocenters. The first-order valence-electron chi connectivity index (χ1n) is 5.31. The zero-order valence-electron chi connectivity index (χ0n) is 10.2. The normalized spacial score (nSPS) is 13.3. The Labute approximate surface area is 101 Å². The topological polar surface area (TPSA) is 59.3 Å². The van der Waals surface area contributed by atoms with Gasteiger partial charge in [-0.25, -0.2) is 4.79 Å². The minimum Gasteiger partial charge on any atom is -0.497 e. The quantitative estimate of drug-likeness (QED) is 0.747. The summed E-state index contributed by atoms with van der Waals surface area (Å²) in [6.07, 6.45) is 0. The fourth-order valence-corrected chi connectivity index (χ4v) is 1.43. The van der Waals surface area contributed by atoms with E-state index in [1.54, 1.807) is 45.2 Å². The number of nitriles is 1. The number of carbonyl (C=O) groups excluding carboxylic acids is 1. The van der Waals surface area contributed by atoms with Crippen molar-refractivity contribution < 1.29 is 14.3 Å². The standard InChI is InChI=1S/C13H15NO3/c1-4-17-12(15)13(2,9-14)10-5-7-11(16-3)8-6-10/h5-8H,4H2,1-3H3. The van der Waals surface area contributed by atoms with Crippen LogP contribution in [-0.4, -0.2) is 19.7 Å². The highest BCUT2D eigenvalue weighted by Crippen LogP contribution is 2.26. The third-order valence-corrected chi connectivity index (χ3v) is 2.57. The number of carbonyl (C=O) groups is 1. The molecule has 1 atom stereocenters. The molecule has 1 aromatic carbocycles. The van der Waals surface area contributed by atoms with E-state index < -0.39 is 11.4 Å². The molecule has 1 aromatic rings. The van der Waals surface area contributed by atoms with Crippen LogP contribution in [0.25, 0.3) is 0 Å². The first kappa shape index (κ1) is 13.0. The van der Waals surface area contributed by atoms with Gasteiger partial charge in [0.1, 0.15) is 5.75 Å². The third-order valence-electron chi connectivity index (χ3n) is 2.57. The van der Waals surface area contributed by atoms with Gasteiger partial charge in [-0.3, -0.25) is 0 Å². The molecule has 0 heterocycles. The number of hydrogen-bond acceptors (Lipinski definition) is 4. The Morgan fingerprint density at radius 2 is 2.00 bits per heavy atom. The molecule has 0 aliphatic heterocycles. The maximum atomic E-state index is 11.8. The molecule has 0 aliphatic rings. The molecule has 17 heavy (non-hydrogen) atoms. The van der Waals surface area contributed by atoms with Crippen LogP contribution in [0.4, 0.5) is 0 Å². The summed E-state index contributed by atoms with van der Waals surface area (Å²) in [4.78, 5) is 11.8. The second kappa shape index (κ2) is 5.35. The van der Waals surface area contributed by atoms with Gasteiger partial charge >= 0.3 is 5.97 Å². The van der Waals surface area contributed by atoms with Gasteiger partial charge in [-0.05, 0) is 31.5 Å². The molecule has 4 nitrogen and oxygen atoms in total. The maximum absolute atomic E-state index is 11.8. The number of esters is 1. The van der Waals surface area contributed by atoms with Crippen LogP contribution >= 0.6 is 0 Å². The van der Waals surface area contributed by atoms with Crippen molar-refractivity contribution in [2.45, 2.75) is 19.3 Å². The van der Waals surface area contributed by atoms with Crippen molar-refractivity contribution in [1.82, 2.24) is 0 Å². The lowest BCUT2D eigenvalue weighted by molar-refractivity contribution is -0.147. The second-order valence-corrected chi connectivity index (χ2v) is 3.69. The van der Waals surface area contributed by atoms with Gasteiger partial charge in [0.05, 0.1) is 19.8 Å². The summed E-state index contributed by atoms with van der Waals surface area (Å²) in [5.41, 5.74) is -0.679. The van der Waals surface area contributed by atoms with Crippen LogP contribution in [0.3, 0.4) is 0 Å². The molecule has 0 aromatic heterocycles. The molecule has 0 spiro atoms. The van der Waals surface area contributed by atoms with Crippen molar-refractivity contribution in [2.75, 3.05) is 13.7 Å². The zero-order valence-corrected chi connectivity index (χ0v) is 10.2. The molecule has 90 valence electrons. The van der Waals surface area contributed by atoms with Gasteiger partial charge in [0.15, 0.2) is 5.41 Å². The van der Waals surface area contributed by atoms with E-state index in [-0.39, 0.29) is 6.61 Å². The lowest BCUT2D eigenvalue weighted by atomic mass is 9.84. The molecule has 4 heteroatoms. The molecule has 0 fully saturated rings. The van der Waals surface area contributed by atoms with E-state index in [4.69, 9.17) is 9.47 Å². The Kier molecular flexibility index (Phi) is 4.11. The fraction of sp³-hybridized carbons (Fsp3) is 0.385. The molecule has 1 rings (SSSR count). The van der Waals surface area contributed by atoms with Gasteiger partial charge in [0.25, 0.3) is 0 Å². The van der Waals surface area contributed by atoms with Crippen LogP contribution in [0.5, 0.6) is 5.75 Å². The predicted molar refractivity (Wildman–Crippen MR) is 62.6 cm³/mol. The highest BCUT2D eigenvalue weighted by Gasteiger charge is 2.37. The number of rotatable bonds is 4. The molecule has 0 saturated carbocycles. The van der Waals surface area contributed by atoms with Crippen LogP contribution in [0.15, 0.2) is 24.3 Å². The van der Waals surface area contributed by atoms with Gasteiger partial charge in [-0.1, -0.05) is 12.1 Å². The summed E-state index contributed by atoms with van der Waals surface area (Å²) in [6.45, 7) is 3.52. The average molecular weight is 233 g/mol. The average Bonchev–Trinajstić information content (AvgIpc) is 2.38. The van der Waals surface area contributed by atoms with E-state index in [0.29, 0.717) is 11.3 Å². The summed E-state index contributed by atoms with van der Waals surface area (Å²) in [7, 11) is 1.56. The maximum Gasteiger partial charge on any atom is 0.330 e. The highest BCUT2D eigenvalue weighted by molar-refractivity contribution is 5.86. The summed E-state index contributed by atoms with van der Waals surface area (Å²) in [6, 6.07) is 8.81. The van der Waals surface area contributed by atoms with Crippen molar-refractivity contribution in [1.29, 1.82) is 5.26 Å². The number of benzene rings is 1. The monoisotopic (exact) mass is 233 g/mol. The summed E-state index contributed by atoms with van der Waals surface area (Å²) in [5, 5.41) is 9.18. The summed E-state index contributed by atoms with van der Waals surface area (Å²) < 4.78 is 9.94. The number of ether oxygens (including phenoxy) is 2. The Morgan fingerprint density at radius 3 is 2.41 bits per heavy atom.